The van der Waals surface area contributed by atoms with Crippen LogP contribution in [0.15, 0.2) is 64.5 Å². The maximum Gasteiger partial charge on any atom is 0.232 e. The van der Waals surface area contributed by atoms with E-state index in [4.69, 9.17) is 9.51 Å². The van der Waals surface area contributed by atoms with Crippen LogP contribution in [0.25, 0.3) is 22.6 Å². The predicted molar refractivity (Wildman–Crippen MR) is 119 cm³/mol. The van der Waals surface area contributed by atoms with E-state index in [1.807, 2.05) is 54.6 Å². The Bertz CT molecular complexity index is 1230. The topological polar surface area (TPSA) is 72.1 Å². The molecule has 2 aromatic heterocycles. The molecule has 1 aliphatic heterocycles. The molecule has 0 spiro atoms. The summed E-state index contributed by atoms with van der Waals surface area (Å²) in [4.78, 5) is 23.6. The summed E-state index contributed by atoms with van der Waals surface area (Å²) >= 11 is 1.75. The molecule has 1 unspecified atom stereocenters. The van der Waals surface area contributed by atoms with Gasteiger partial charge < -0.3 is 9.42 Å². The van der Waals surface area contributed by atoms with Crippen molar-refractivity contribution in [3.63, 3.8) is 0 Å². The lowest BCUT2D eigenvalue weighted by Gasteiger charge is -2.15. The third kappa shape index (κ3) is 3.55. The second-order valence-electron chi connectivity index (χ2n) is 8.12. The van der Waals surface area contributed by atoms with Crippen LogP contribution in [0.3, 0.4) is 0 Å². The van der Waals surface area contributed by atoms with Gasteiger partial charge in [-0.3, -0.25) is 4.79 Å². The van der Waals surface area contributed by atoms with Gasteiger partial charge in [-0.15, -0.1) is 11.3 Å². The Morgan fingerprint density at radius 2 is 1.71 bits per heavy atom. The van der Waals surface area contributed by atoms with Gasteiger partial charge in [-0.05, 0) is 25.0 Å². The minimum Gasteiger partial charge on any atom is -0.339 e. The van der Waals surface area contributed by atoms with Crippen LogP contribution in [-0.4, -0.2) is 27.6 Å². The zero-order valence-corrected chi connectivity index (χ0v) is 17.6. The van der Waals surface area contributed by atoms with E-state index >= 15 is 0 Å². The zero-order chi connectivity index (χ0) is 20.8. The quantitative estimate of drug-likeness (QED) is 0.434. The first kappa shape index (κ1) is 18.4. The number of amides is 1. The van der Waals surface area contributed by atoms with Gasteiger partial charge in [0.1, 0.15) is 0 Å². The summed E-state index contributed by atoms with van der Waals surface area (Å²) in [5, 5.41) is 7.54. The van der Waals surface area contributed by atoms with Crippen LogP contribution in [0.5, 0.6) is 0 Å². The van der Waals surface area contributed by atoms with Gasteiger partial charge >= 0.3 is 0 Å². The maximum atomic E-state index is 12.5. The molecule has 2 aliphatic rings. The molecular formula is C24H20N4O2S. The van der Waals surface area contributed by atoms with E-state index in [1.165, 1.54) is 17.8 Å². The molecule has 0 N–H and O–H groups in total. The first-order valence-corrected chi connectivity index (χ1v) is 11.4. The van der Waals surface area contributed by atoms with Gasteiger partial charge in [-0.1, -0.05) is 47.6 Å². The molecule has 154 valence electrons. The molecule has 2 aromatic carbocycles. The highest BCUT2D eigenvalue weighted by molar-refractivity contribution is 7.10. The van der Waals surface area contributed by atoms with Crippen LogP contribution < -0.4 is 4.90 Å². The number of nitrogens with zero attached hydrogens (tertiary/aromatic N) is 4. The van der Waals surface area contributed by atoms with Crippen molar-refractivity contribution in [3.05, 3.63) is 70.9 Å². The van der Waals surface area contributed by atoms with Crippen molar-refractivity contribution in [2.75, 3.05) is 11.4 Å². The number of benzene rings is 2. The minimum atomic E-state index is -0.0934. The largest absolute Gasteiger partial charge is 0.339 e. The Hall–Kier alpha value is -3.32. The lowest BCUT2D eigenvalue weighted by Crippen LogP contribution is -2.24. The summed E-state index contributed by atoms with van der Waals surface area (Å²) in [5.74, 6) is 1.72. The lowest BCUT2D eigenvalue weighted by molar-refractivity contribution is -0.117. The molecule has 4 aromatic rings. The number of carbonyl (C=O) groups excluding carboxylic acids is 1. The van der Waals surface area contributed by atoms with Gasteiger partial charge in [0.15, 0.2) is 0 Å². The van der Waals surface area contributed by atoms with Crippen molar-refractivity contribution in [2.24, 2.45) is 0 Å². The summed E-state index contributed by atoms with van der Waals surface area (Å²) in [6.45, 7) is 0.552. The molecule has 2 fully saturated rings. The van der Waals surface area contributed by atoms with Crippen molar-refractivity contribution in [1.29, 1.82) is 0 Å². The molecule has 0 bridgehead atoms. The van der Waals surface area contributed by atoms with E-state index < -0.39 is 0 Å². The highest BCUT2D eigenvalue weighted by Gasteiger charge is 2.35. The van der Waals surface area contributed by atoms with Gasteiger partial charge in [-0.2, -0.15) is 4.98 Å². The number of carbonyl (C=O) groups is 1. The normalized spacial score (nSPS) is 18.6. The summed E-state index contributed by atoms with van der Waals surface area (Å²) in [7, 11) is 0. The lowest BCUT2D eigenvalue weighted by atomic mass is 10.1. The Balaban J connectivity index is 1.18. The van der Waals surface area contributed by atoms with Crippen LogP contribution in [0, 0.1) is 0 Å². The molecule has 1 saturated heterocycles. The van der Waals surface area contributed by atoms with E-state index in [1.54, 1.807) is 16.2 Å². The monoisotopic (exact) mass is 428 g/mol. The fraction of sp³-hybridized carbons (Fsp3) is 0.250. The zero-order valence-electron chi connectivity index (χ0n) is 16.8. The van der Waals surface area contributed by atoms with Crippen molar-refractivity contribution < 1.29 is 9.32 Å². The molecular weight excluding hydrogens is 408 g/mol. The second-order valence-corrected chi connectivity index (χ2v) is 9.01. The van der Waals surface area contributed by atoms with E-state index in [0.717, 1.165) is 22.5 Å². The van der Waals surface area contributed by atoms with Crippen molar-refractivity contribution in [2.45, 2.75) is 31.1 Å². The summed E-state index contributed by atoms with van der Waals surface area (Å²) in [5.41, 5.74) is 3.91. The van der Waals surface area contributed by atoms with E-state index in [9.17, 15) is 4.79 Å². The van der Waals surface area contributed by atoms with Gasteiger partial charge in [0, 0.05) is 41.1 Å². The van der Waals surface area contributed by atoms with E-state index in [0.29, 0.717) is 30.6 Å². The number of rotatable bonds is 5. The predicted octanol–water partition coefficient (Wildman–Crippen LogP) is 5.26. The molecule has 1 atom stereocenters. The van der Waals surface area contributed by atoms with Crippen LogP contribution >= 0.6 is 11.3 Å². The van der Waals surface area contributed by atoms with Crippen molar-refractivity contribution in [3.8, 4) is 22.6 Å². The first-order valence-electron chi connectivity index (χ1n) is 10.5. The molecule has 7 heteroatoms. The number of hydrogen-bond donors (Lipinski definition) is 0. The average Bonchev–Trinajstić information content (AvgIpc) is 3.19. The van der Waals surface area contributed by atoms with Gasteiger partial charge in [0.25, 0.3) is 0 Å². The molecule has 1 amide bonds. The van der Waals surface area contributed by atoms with Gasteiger partial charge in [-0.25, -0.2) is 4.98 Å². The summed E-state index contributed by atoms with van der Waals surface area (Å²) in [6, 6.07) is 17.8. The average molecular weight is 429 g/mol. The van der Waals surface area contributed by atoms with Crippen molar-refractivity contribution in [1.82, 2.24) is 15.1 Å². The standard InChI is InChI=1S/C24H20N4O2S/c29-21-12-18(13-28(21)19-4-2-1-3-5-19)23-26-22(27-30-23)16-8-6-15(7-9-16)20-14-31-24(25-20)17-10-11-17/h1-9,14,17-18H,10-13H2. The van der Waals surface area contributed by atoms with Crippen LogP contribution in [-0.2, 0) is 4.79 Å². The van der Waals surface area contributed by atoms with Gasteiger partial charge in [0.05, 0.1) is 16.6 Å². The van der Waals surface area contributed by atoms with Crippen molar-refractivity contribution >= 4 is 22.9 Å². The third-order valence-corrected chi connectivity index (χ3v) is 6.88. The Labute approximate surface area is 183 Å². The van der Waals surface area contributed by atoms with Gasteiger partial charge in [0.2, 0.25) is 17.6 Å². The Kier molecular flexibility index (Phi) is 4.42. The molecule has 3 heterocycles. The molecule has 1 saturated carbocycles. The Morgan fingerprint density at radius 1 is 0.935 bits per heavy atom. The number of hydrogen-bond acceptors (Lipinski definition) is 6. The van der Waals surface area contributed by atoms with E-state index in [2.05, 4.69) is 15.5 Å². The highest BCUT2D eigenvalue weighted by Crippen LogP contribution is 2.42. The van der Waals surface area contributed by atoms with Crippen LogP contribution in [0.1, 0.15) is 42.0 Å². The summed E-state index contributed by atoms with van der Waals surface area (Å²) in [6.07, 6.45) is 2.91. The fourth-order valence-electron chi connectivity index (χ4n) is 3.98. The number of para-hydroxylation sites is 1. The first-order chi connectivity index (χ1) is 15.2. The second kappa shape index (κ2) is 7.42. The molecule has 0 radical (unpaired) electrons. The van der Waals surface area contributed by atoms with E-state index in [-0.39, 0.29) is 11.8 Å². The molecule has 6 rings (SSSR count). The molecule has 6 nitrogen and oxygen atoms in total. The molecule has 31 heavy (non-hydrogen) atoms. The highest BCUT2D eigenvalue weighted by atomic mass is 32.1. The smallest absolute Gasteiger partial charge is 0.232 e. The Morgan fingerprint density at radius 3 is 2.48 bits per heavy atom. The third-order valence-electron chi connectivity index (χ3n) is 5.87. The SMILES string of the molecule is O=C1CC(c2nc(-c3ccc(-c4csc(C5CC5)n4)cc3)no2)CN1c1ccccc1. The number of thiazole rings is 1. The number of aromatic nitrogens is 3. The van der Waals surface area contributed by atoms with Crippen LogP contribution in [0.2, 0.25) is 0 Å². The van der Waals surface area contributed by atoms with Crippen LogP contribution in [0.4, 0.5) is 5.69 Å². The molecule has 1 aliphatic carbocycles. The minimum absolute atomic E-state index is 0.0779. The maximum absolute atomic E-state index is 12.5. The fourth-order valence-corrected chi connectivity index (χ4v) is 4.98. The number of anilines is 1. The summed E-state index contributed by atoms with van der Waals surface area (Å²) < 4.78 is 5.54.